The predicted molar refractivity (Wildman–Crippen MR) is 117 cm³/mol. The van der Waals surface area contributed by atoms with E-state index in [9.17, 15) is 9.59 Å². The lowest BCUT2D eigenvalue weighted by Crippen LogP contribution is -2.45. The molecule has 2 amide bonds. The zero-order valence-electron chi connectivity index (χ0n) is 17.1. The van der Waals surface area contributed by atoms with Crippen LogP contribution in [0.25, 0.3) is 0 Å². The van der Waals surface area contributed by atoms with Crippen molar-refractivity contribution in [1.82, 2.24) is 9.80 Å². The molecule has 2 aromatic rings. The quantitative estimate of drug-likeness (QED) is 0.671. The van der Waals surface area contributed by atoms with Gasteiger partial charge in [0.2, 0.25) is 5.91 Å². The van der Waals surface area contributed by atoms with Gasteiger partial charge in [0.05, 0.1) is 0 Å². The first kappa shape index (κ1) is 19.9. The Balaban J connectivity index is 1.13. The van der Waals surface area contributed by atoms with Crippen LogP contribution in [-0.2, 0) is 17.6 Å². The molecule has 0 bridgehead atoms. The van der Waals surface area contributed by atoms with Crippen LogP contribution in [-0.4, -0.2) is 47.8 Å². The molecule has 30 heavy (non-hydrogen) atoms. The minimum atomic E-state index is -0.0307. The topological polar surface area (TPSA) is 53.8 Å². The fourth-order valence-electron chi connectivity index (χ4n) is 5.50. The van der Waals surface area contributed by atoms with Crippen LogP contribution in [0.4, 0.5) is 0 Å². The number of fused-ring (bicyclic) bond motifs is 1. The van der Waals surface area contributed by atoms with Crippen molar-refractivity contribution in [2.45, 2.75) is 38.5 Å². The average molecular weight is 471 g/mol. The third kappa shape index (κ3) is 3.82. The smallest absolute Gasteiger partial charge is 0.289 e. The number of benzene rings is 1. The molecule has 2 aliphatic heterocycles. The molecule has 3 heterocycles. The van der Waals surface area contributed by atoms with Crippen molar-refractivity contribution in [3.63, 3.8) is 0 Å². The lowest BCUT2D eigenvalue weighted by Gasteiger charge is -2.39. The van der Waals surface area contributed by atoms with E-state index in [2.05, 4.69) is 45.1 Å². The van der Waals surface area contributed by atoms with Crippen LogP contribution in [0.5, 0.6) is 0 Å². The summed E-state index contributed by atoms with van der Waals surface area (Å²) in [7, 11) is 0. The van der Waals surface area contributed by atoms with Crippen molar-refractivity contribution in [2.75, 3.05) is 26.2 Å². The molecular formula is C24H27BrN2O3. The lowest BCUT2D eigenvalue weighted by atomic mass is 9.77. The summed E-state index contributed by atoms with van der Waals surface area (Å²) in [5.41, 5.74) is 2.97. The summed E-state index contributed by atoms with van der Waals surface area (Å²) in [5.74, 6) is 1.10. The fraction of sp³-hybridized carbons (Fsp3) is 0.500. The van der Waals surface area contributed by atoms with Gasteiger partial charge in [-0.15, -0.1) is 0 Å². The van der Waals surface area contributed by atoms with E-state index in [-0.39, 0.29) is 11.3 Å². The molecular weight excluding hydrogens is 444 g/mol. The first-order chi connectivity index (χ1) is 14.5. The Bertz CT molecular complexity index is 936. The first-order valence-corrected chi connectivity index (χ1v) is 11.7. The van der Waals surface area contributed by atoms with Crippen LogP contribution in [0.2, 0.25) is 0 Å². The molecule has 0 saturated carbocycles. The normalized spacial score (nSPS) is 20.7. The van der Waals surface area contributed by atoms with Crippen LogP contribution < -0.4 is 0 Å². The van der Waals surface area contributed by atoms with Gasteiger partial charge in [0, 0.05) is 32.6 Å². The highest BCUT2D eigenvalue weighted by atomic mass is 79.9. The van der Waals surface area contributed by atoms with Gasteiger partial charge in [0.15, 0.2) is 10.4 Å². The molecule has 0 radical (unpaired) electrons. The average Bonchev–Trinajstić information content (AvgIpc) is 3.46. The number of halogens is 1. The second kappa shape index (κ2) is 7.88. The van der Waals surface area contributed by atoms with Gasteiger partial charge in [0.25, 0.3) is 5.91 Å². The number of hydrogen-bond donors (Lipinski definition) is 0. The Hall–Kier alpha value is -2.08. The summed E-state index contributed by atoms with van der Waals surface area (Å²) in [6.45, 7) is 3.16. The number of likely N-dealkylation sites (tertiary alicyclic amines) is 2. The Morgan fingerprint density at radius 3 is 2.20 bits per heavy atom. The van der Waals surface area contributed by atoms with Crippen molar-refractivity contribution in [3.8, 4) is 0 Å². The second-order valence-corrected chi connectivity index (χ2v) is 9.99. The second-order valence-electron chi connectivity index (χ2n) is 9.21. The largest absolute Gasteiger partial charge is 0.444 e. The maximum atomic E-state index is 12.9. The number of nitrogens with zero attached hydrogens (tertiary/aromatic N) is 2. The third-order valence-corrected chi connectivity index (χ3v) is 7.71. The molecule has 0 atom stereocenters. The first-order valence-electron chi connectivity index (χ1n) is 10.9. The summed E-state index contributed by atoms with van der Waals surface area (Å²) in [5, 5.41) is 0. The molecule has 2 fully saturated rings. The Kier molecular flexibility index (Phi) is 5.21. The van der Waals surface area contributed by atoms with Gasteiger partial charge in [-0.2, -0.15) is 0 Å². The molecule has 0 N–H and O–H groups in total. The van der Waals surface area contributed by atoms with Crippen LogP contribution in [0.15, 0.2) is 45.5 Å². The fourth-order valence-corrected chi connectivity index (χ4v) is 5.81. The molecule has 5 nitrogen and oxygen atoms in total. The molecule has 3 aliphatic rings. The number of amides is 2. The van der Waals surface area contributed by atoms with E-state index in [1.807, 2.05) is 4.90 Å². The summed E-state index contributed by atoms with van der Waals surface area (Å²) < 4.78 is 6.02. The van der Waals surface area contributed by atoms with Gasteiger partial charge in [-0.05, 0) is 82.6 Å². The van der Waals surface area contributed by atoms with E-state index < -0.39 is 0 Å². The summed E-state index contributed by atoms with van der Waals surface area (Å²) in [4.78, 5) is 29.6. The predicted octanol–water partition coefficient (Wildman–Crippen LogP) is 4.30. The van der Waals surface area contributed by atoms with Gasteiger partial charge in [-0.3, -0.25) is 9.59 Å². The van der Waals surface area contributed by atoms with Crippen molar-refractivity contribution >= 4 is 27.7 Å². The Morgan fingerprint density at radius 1 is 0.967 bits per heavy atom. The number of hydrogen-bond acceptors (Lipinski definition) is 3. The highest BCUT2D eigenvalue weighted by Crippen LogP contribution is 2.41. The van der Waals surface area contributed by atoms with Gasteiger partial charge >= 0.3 is 0 Å². The van der Waals surface area contributed by atoms with Crippen molar-refractivity contribution < 1.29 is 14.0 Å². The van der Waals surface area contributed by atoms with Gasteiger partial charge in [-0.25, -0.2) is 0 Å². The SMILES string of the molecule is O=C(CC1Cc2ccccc2C1)N1CCC2(CC1)CCN(C(=O)c1ccc(Br)o1)C2. The lowest BCUT2D eigenvalue weighted by molar-refractivity contribution is -0.134. The standard InChI is InChI=1S/C24H27BrN2O3/c25-21-6-5-20(30-21)23(29)27-12-9-24(16-27)7-10-26(11-8-24)22(28)15-17-13-18-3-1-2-4-19(18)14-17/h1-6,17H,7-16H2. The van der Waals surface area contributed by atoms with Gasteiger partial charge < -0.3 is 14.2 Å². The van der Waals surface area contributed by atoms with Crippen molar-refractivity contribution in [2.24, 2.45) is 11.3 Å². The molecule has 1 aromatic carbocycles. The molecule has 2 saturated heterocycles. The zero-order chi connectivity index (χ0) is 20.7. The Morgan fingerprint density at radius 2 is 1.60 bits per heavy atom. The maximum absolute atomic E-state index is 12.9. The number of furan rings is 1. The number of carbonyl (C=O) groups is 2. The highest BCUT2D eigenvalue weighted by molar-refractivity contribution is 9.10. The van der Waals surface area contributed by atoms with E-state index >= 15 is 0 Å². The summed E-state index contributed by atoms with van der Waals surface area (Å²) in [6, 6.07) is 12.0. The number of piperidine rings is 1. The van der Waals surface area contributed by atoms with Crippen molar-refractivity contribution in [3.05, 3.63) is 58.0 Å². The van der Waals surface area contributed by atoms with Gasteiger partial charge in [-0.1, -0.05) is 24.3 Å². The van der Waals surface area contributed by atoms with E-state index in [1.54, 1.807) is 12.1 Å². The molecule has 0 unspecified atom stereocenters. The van der Waals surface area contributed by atoms with E-state index in [4.69, 9.17) is 4.42 Å². The highest BCUT2D eigenvalue weighted by Gasteiger charge is 2.43. The maximum Gasteiger partial charge on any atom is 0.289 e. The monoisotopic (exact) mass is 470 g/mol. The van der Waals surface area contributed by atoms with Crippen LogP contribution in [0.3, 0.4) is 0 Å². The van der Waals surface area contributed by atoms with Crippen LogP contribution >= 0.6 is 15.9 Å². The van der Waals surface area contributed by atoms with E-state index in [1.165, 1.54) is 11.1 Å². The summed E-state index contributed by atoms with van der Waals surface area (Å²) in [6.07, 6.45) is 5.68. The zero-order valence-corrected chi connectivity index (χ0v) is 18.7. The minimum absolute atomic E-state index is 0.0307. The Labute approximate surface area is 185 Å². The summed E-state index contributed by atoms with van der Waals surface area (Å²) >= 11 is 3.26. The van der Waals surface area contributed by atoms with Crippen LogP contribution in [0.1, 0.15) is 47.4 Å². The van der Waals surface area contributed by atoms with Crippen LogP contribution in [0, 0.1) is 11.3 Å². The molecule has 1 aliphatic carbocycles. The molecule has 1 aromatic heterocycles. The third-order valence-electron chi connectivity index (χ3n) is 7.29. The molecule has 158 valence electrons. The molecule has 5 rings (SSSR count). The van der Waals surface area contributed by atoms with Crippen molar-refractivity contribution in [1.29, 1.82) is 0 Å². The number of carbonyl (C=O) groups excluding carboxylic acids is 2. The van der Waals surface area contributed by atoms with E-state index in [0.717, 1.165) is 58.3 Å². The molecule has 1 spiro atoms. The minimum Gasteiger partial charge on any atom is -0.444 e. The number of rotatable bonds is 3. The molecule has 6 heteroatoms. The van der Waals surface area contributed by atoms with Gasteiger partial charge in [0.1, 0.15) is 0 Å². The van der Waals surface area contributed by atoms with E-state index in [0.29, 0.717) is 28.7 Å².